The Morgan fingerprint density at radius 2 is 1.55 bits per heavy atom. The number of hydrogen-bond acceptors (Lipinski definition) is 2. The van der Waals surface area contributed by atoms with Crippen molar-refractivity contribution in [3.8, 4) is 0 Å². The zero-order chi connectivity index (χ0) is 15.6. The van der Waals surface area contributed by atoms with Gasteiger partial charge >= 0.3 is 6.09 Å². The van der Waals surface area contributed by atoms with Crippen molar-refractivity contribution in [3.05, 3.63) is 71.8 Å². The van der Waals surface area contributed by atoms with Gasteiger partial charge in [0.1, 0.15) is 0 Å². The molecule has 1 aliphatic rings. The third-order valence-electron chi connectivity index (χ3n) is 4.68. The highest BCUT2D eigenvalue weighted by Gasteiger charge is 2.46. The summed E-state index contributed by atoms with van der Waals surface area (Å²) in [5.41, 5.74) is 2.33. The average molecular weight is 295 g/mol. The topological polar surface area (TPSA) is 29.5 Å². The number of hydrogen-bond donors (Lipinski definition) is 0. The lowest BCUT2D eigenvalue weighted by atomic mass is 9.73. The number of carbonyl (C=O) groups is 1. The molecular formula is C19H21NO2. The summed E-state index contributed by atoms with van der Waals surface area (Å²) in [6.07, 6.45) is 0.650. The van der Waals surface area contributed by atoms with E-state index in [9.17, 15) is 4.79 Å². The molecule has 1 fully saturated rings. The van der Waals surface area contributed by atoms with Crippen molar-refractivity contribution in [1.82, 2.24) is 4.90 Å². The maximum absolute atomic E-state index is 12.1. The molecule has 22 heavy (non-hydrogen) atoms. The fraction of sp³-hybridized carbons (Fsp3) is 0.316. The summed E-state index contributed by atoms with van der Waals surface area (Å²) < 4.78 is 4.96. The first-order chi connectivity index (χ1) is 10.7. The predicted octanol–water partition coefficient (Wildman–Crippen LogP) is 3.83. The van der Waals surface area contributed by atoms with Crippen LogP contribution in [0.25, 0.3) is 0 Å². The number of rotatable bonds is 2. The van der Waals surface area contributed by atoms with Crippen LogP contribution in [-0.2, 0) is 10.2 Å². The molecule has 1 aliphatic heterocycles. The third kappa shape index (κ3) is 2.37. The first kappa shape index (κ1) is 14.6. The molecule has 1 unspecified atom stereocenters. The molecule has 1 amide bonds. The Kier molecular flexibility index (Phi) is 3.88. The Morgan fingerprint density at radius 1 is 1.05 bits per heavy atom. The molecule has 0 bridgehead atoms. The summed E-state index contributed by atoms with van der Waals surface area (Å²) >= 11 is 0. The number of likely N-dealkylation sites (tertiary alicyclic amines) is 1. The molecule has 2 aromatic rings. The molecule has 0 aliphatic carbocycles. The molecule has 0 saturated carbocycles. The van der Waals surface area contributed by atoms with Crippen LogP contribution >= 0.6 is 0 Å². The number of amides is 1. The average Bonchev–Trinajstić information content (AvgIpc) is 2.94. The summed E-state index contributed by atoms with van der Waals surface area (Å²) in [6, 6.07) is 21.1. The number of ether oxygens (including phenoxy) is 1. The van der Waals surface area contributed by atoms with Crippen molar-refractivity contribution in [2.45, 2.75) is 24.8 Å². The van der Waals surface area contributed by atoms with Crippen LogP contribution < -0.4 is 0 Å². The van der Waals surface area contributed by atoms with Crippen LogP contribution in [0.2, 0.25) is 0 Å². The molecule has 0 aromatic heterocycles. The number of benzene rings is 2. The Labute approximate surface area is 131 Å². The van der Waals surface area contributed by atoms with Gasteiger partial charge < -0.3 is 9.64 Å². The highest BCUT2D eigenvalue weighted by Crippen LogP contribution is 2.43. The summed E-state index contributed by atoms with van der Waals surface area (Å²) in [5.74, 6) is 0. The van der Waals surface area contributed by atoms with Crippen LogP contribution in [-0.4, -0.2) is 30.7 Å². The van der Waals surface area contributed by atoms with Crippen LogP contribution in [0.1, 0.15) is 24.5 Å². The van der Waals surface area contributed by atoms with E-state index in [1.807, 2.05) is 17.0 Å². The van der Waals surface area contributed by atoms with E-state index in [2.05, 4.69) is 55.5 Å². The van der Waals surface area contributed by atoms with Crippen molar-refractivity contribution >= 4 is 6.09 Å². The van der Waals surface area contributed by atoms with Gasteiger partial charge in [0, 0.05) is 18.0 Å². The zero-order valence-corrected chi connectivity index (χ0v) is 13.0. The lowest BCUT2D eigenvalue weighted by Gasteiger charge is -2.30. The van der Waals surface area contributed by atoms with Gasteiger partial charge in [0.2, 0.25) is 0 Å². The second-order valence-corrected chi connectivity index (χ2v) is 5.97. The molecule has 3 rings (SSSR count). The monoisotopic (exact) mass is 295 g/mol. The van der Waals surface area contributed by atoms with Crippen molar-refractivity contribution in [3.63, 3.8) is 0 Å². The summed E-state index contributed by atoms with van der Waals surface area (Å²) in [4.78, 5) is 13.9. The van der Waals surface area contributed by atoms with Crippen LogP contribution in [0.15, 0.2) is 60.7 Å². The van der Waals surface area contributed by atoms with Crippen molar-refractivity contribution < 1.29 is 9.53 Å². The van der Waals surface area contributed by atoms with Gasteiger partial charge in [-0.1, -0.05) is 60.7 Å². The molecule has 3 nitrogen and oxygen atoms in total. The van der Waals surface area contributed by atoms with E-state index in [0.717, 1.165) is 6.42 Å². The van der Waals surface area contributed by atoms with Crippen LogP contribution in [0, 0.1) is 0 Å². The molecular weight excluding hydrogens is 274 g/mol. The van der Waals surface area contributed by atoms with Crippen molar-refractivity contribution in [2.75, 3.05) is 13.7 Å². The Morgan fingerprint density at radius 3 is 2.00 bits per heavy atom. The second-order valence-electron chi connectivity index (χ2n) is 5.97. The van der Waals surface area contributed by atoms with Crippen molar-refractivity contribution in [1.29, 1.82) is 0 Å². The van der Waals surface area contributed by atoms with E-state index in [1.165, 1.54) is 18.2 Å². The molecule has 1 atom stereocenters. The lowest BCUT2D eigenvalue weighted by molar-refractivity contribution is 0.120. The summed E-state index contributed by atoms with van der Waals surface area (Å²) in [5, 5.41) is 0. The molecule has 2 aromatic carbocycles. The van der Waals surface area contributed by atoms with Gasteiger partial charge in [0.05, 0.1) is 7.11 Å². The van der Waals surface area contributed by atoms with Gasteiger partial charge in [-0.15, -0.1) is 0 Å². The van der Waals surface area contributed by atoms with Gasteiger partial charge in [-0.25, -0.2) is 4.79 Å². The molecule has 1 heterocycles. The standard InChI is InChI=1S/C19H21NO2/c1-15-13-19(14-20(15)18(21)22-2,16-9-5-3-6-10-16)17-11-7-4-8-12-17/h3-12,15H,13-14H2,1-2H3. The number of methoxy groups -OCH3 is 1. The largest absolute Gasteiger partial charge is 0.453 e. The maximum atomic E-state index is 12.1. The molecule has 0 N–H and O–H groups in total. The van der Waals surface area contributed by atoms with E-state index in [0.29, 0.717) is 6.54 Å². The normalized spacial score (nSPS) is 19.9. The van der Waals surface area contributed by atoms with Crippen LogP contribution in [0.3, 0.4) is 0 Å². The molecule has 0 spiro atoms. The quantitative estimate of drug-likeness (QED) is 0.842. The van der Waals surface area contributed by atoms with Crippen molar-refractivity contribution in [2.24, 2.45) is 0 Å². The first-order valence-electron chi connectivity index (χ1n) is 7.63. The van der Waals surface area contributed by atoms with Gasteiger partial charge in [0.15, 0.2) is 0 Å². The van der Waals surface area contributed by atoms with E-state index in [1.54, 1.807) is 0 Å². The minimum Gasteiger partial charge on any atom is -0.453 e. The Balaban J connectivity index is 2.09. The maximum Gasteiger partial charge on any atom is 0.409 e. The van der Waals surface area contributed by atoms with E-state index >= 15 is 0 Å². The Hall–Kier alpha value is -2.29. The molecule has 3 heteroatoms. The van der Waals surface area contributed by atoms with Crippen LogP contribution in [0.4, 0.5) is 4.79 Å². The first-order valence-corrected chi connectivity index (χ1v) is 7.63. The van der Waals surface area contributed by atoms with E-state index < -0.39 is 0 Å². The smallest absolute Gasteiger partial charge is 0.409 e. The highest BCUT2D eigenvalue weighted by atomic mass is 16.5. The molecule has 1 saturated heterocycles. The van der Waals surface area contributed by atoms with Gasteiger partial charge in [0.25, 0.3) is 0 Å². The minimum atomic E-state index is -0.249. The summed E-state index contributed by atoms with van der Waals surface area (Å²) in [7, 11) is 1.44. The third-order valence-corrected chi connectivity index (χ3v) is 4.68. The van der Waals surface area contributed by atoms with Gasteiger partial charge in [-0.3, -0.25) is 0 Å². The zero-order valence-electron chi connectivity index (χ0n) is 13.0. The van der Waals surface area contributed by atoms with Crippen LogP contribution in [0.5, 0.6) is 0 Å². The number of carbonyl (C=O) groups excluding carboxylic acids is 1. The highest BCUT2D eigenvalue weighted by molar-refractivity contribution is 5.69. The van der Waals surface area contributed by atoms with Gasteiger partial charge in [-0.2, -0.15) is 0 Å². The molecule has 0 radical (unpaired) electrons. The fourth-order valence-corrected chi connectivity index (χ4v) is 3.59. The van der Waals surface area contributed by atoms with Gasteiger partial charge in [-0.05, 0) is 24.5 Å². The van der Waals surface area contributed by atoms with E-state index in [-0.39, 0.29) is 17.6 Å². The Bertz CT molecular complexity index is 599. The number of nitrogens with zero attached hydrogens (tertiary/aromatic N) is 1. The van der Waals surface area contributed by atoms with E-state index in [4.69, 9.17) is 4.74 Å². The second kappa shape index (κ2) is 5.84. The summed E-state index contributed by atoms with van der Waals surface area (Å²) in [6.45, 7) is 2.74. The minimum absolute atomic E-state index is 0.146. The predicted molar refractivity (Wildman–Crippen MR) is 86.9 cm³/mol. The molecule has 114 valence electrons. The fourth-order valence-electron chi connectivity index (χ4n) is 3.59. The lowest BCUT2D eigenvalue weighted by Crippen LogP contribution is -2.37. The SMILES string of the molecule is COC(=O)N1CC(c2ccccc2)(c2ccccc2)CC1C.